The van der Waals surface area contributed by atoms with Gasteiger partial charge in [0.15, 0.2) is 5.13 Å². The predicted octanol–water partition coefficient (Wildman–Crippen LogP) is 4.40. The summed E-state index contributed by atoms with van der Waals surface area (Å²) in [5, 5.41) is 3.47. The summed E-state index contributed by atoms with van der Waals surface area (Å²) >= 11 is 1.44. The molecule has 1 saturated heterocycles. The number of carbonyl (C=O) groups is 1. The quantitative estimate of drug-likeness (QED) is 0.625. The van der Waals surface area contributed by atoms with Gasteiger partial charge in [0.05, 0.1) is 15.1 Å². The van der Waals surface area contributed by atoms with Gasteiger partial charge in [0.25, 0.3) is 0 Å². The molecule has 2 aromatic carbocycles. The number of benzene rings is 2. The summed E-state index contributed by atoms with van der Waals surface area (Å²) in [6, 6.07) is 7.79. The maximum atomic E-state index is 13.3. The molecule has 0 radical (unpaired) electrons. The summed E-state index contributed by atoms with van der Waals surface area (Å²) in [6.45, 7) is 6.10. The van der Waals surface area contributed by atoms with E-state index in [0.29, 0.717) is 23.5 Å². The van der Waals surface area contributed by atoms with E-state index in [1.54, 1.807) is 6.92 Å². The molecule has 0 aliphatic carbocycles. The van der Waals surface area contributed by atoms with Crippen molar-refractivity contribution in [1.82, 2.24) is 9.29 Å². The minimum absolute atomic E-state index is 0.108. The van der Waals surface area contributed by atoms with E-state index in [4.69, 9.17) is 0 Å². The van der Waals surface area contributed by atoms with Crippen molar-refractivity contribution in [2.24, 2.45) is 5.92 Å². The molecule has 4 rings (SSSR count). The number of aryl methyl sites for hydroxylation is 3. The van der Waals surface area contributed by atoms with Gasteiger partial charge in [-0.15, -0.1) is 0 Å². The van der Waals surface area contributed by atoms with Crippen LogP contribution in [0.15, 0.2) is 35.2 Å². The highest BCUT2D eigenvalue weighted by molar-refractivity contribution is 7.89. The third-order valence-corrected chi connectivity index (χ3v) is 8.62. The van der Waals surface area contributed by atoms with Crippen LogP contribution in [-0.2, 0) is 14.8 Å². The van der Waals surface area contributed by atoms with Crippen molar-refractivity contribution in [1.29, 1.82) is 0 Å². The lowest BCUT2D eigenvalue weighted by atomic mass is 9.97. The SMILES string of the molecule is Cc1cc(C)c2nc(NC(=O)C3CCN(S(=O)(=O)c4ccc(F)cc4C)CC3)sc2c1. The molecule has 1 amide bonds. The van der Waals surface area contributed by atoms with Gasteiger partial charge in [-0.1, -0.05) is 17.4 Å². The lowest BCUT2D eigenvalue weighted by Gasteiger charge is -2.30. The van der Waals surface area contributed by atoms with Gasteiger partial charge in [0.1, 0.15) is 5.82 Å². The molecule has 1 N–H and O–H groups in total. The van der Waals surface area contributed by atoms with Crippen LogP contribution in [0.25, 0.3) is 10.2 Å². The number of fused-ring (bicyclic) bond motifs is 1. The number of piperidine rings is 1. The molecule has 2 heterocycles. The summed E-state index contributed by atoms with van der Waals surface area (Å²) < 4.78 is 41.6. The van der Waals surface area contributed by atoms with E-state index in [1.807, 2.05) is 13.8 Å². The average molecular weight is 462 g/mol. The van der Waals surface area contributed by atoms with Crippen molar-refractivity contribution >= 4 is 42.6 Å². The third kappa shape index (κ3) is 4.35. The van der Waals surface area contributed by atoms with Crippen LogP contribution in [0, 0.1) is 32.5 Å². The molecule has 0 spiro atoms. The fraction of sp³-hybridized carbons (Fsp3) is 0.364. The van der Waals surface area contributed by atoms with Gasteiger partial charge < -0.3 is 5.32 Å². The first-order valence-corrected chi connectivity index (χ1v) is 12.4. The van der Waals surface area contributed by atoms with Crippen LogP contribution in [0.4, 0.5) is 9.52 Å². The molecule has 0 saturated carbocycles. The van der Waals surface area contributed by atoms with Gasteiger partial charge in [-0.25, -0.2) is 17.8 Å². The molecule has 3 aromatic rings. The van der Waals surface area contributed by atoms with Gasteiger partial charge >= 0.3 is 0 Å². The van der Waals surface area contributed by atoms with Crippen molar-refractivity contribution in [3.63, 3.8) is 0 Å². The number of hydrogen-bond acceptors (Lipinski definition) is 5. The zero-order valence-electron chi connectivity index (χ0n) is 17.6. The van der Waals surface area contributed by atoms with Crippen molar-refractivity contribution in [3.05, 3.63) is 52.8 Å². The van der Waals surface area contributed by atoms with Crippen molar-refractivity contribution in [3.8, 4) is 0 Å². The number of thiazole rings is 1. The second-order valence-electron chi connectivity index (χ2n) is 8.03. The number of nitrogens with zero attached hydrogens (tertiary/aromatic N) is 2. The van der Waals surface area contributed by atoms with E-state index < -0.39 is 15.8 Å². The van der Waals surface area contributed by atoms with E-state index in [0.717, 1.165) is 27.4 Å². The molecule has 1 aliphatic heterocycles. The summed E-state index contributed by atoms with van der Waals surface area (Å²) in [6.07, 6.45) is 0.850. The standard InChI is InChI=1S/C22H24FN3O3S2/c1-13-10-15(3)20-18(11-13)30-22(24-20)25-21(27)16-6-8-26(9-7-16)31(28,29)19-5-4-17(23)12-14(19)2/h4-5,10-12,16H,6-9H2,1-3H3,(H,24,25,27). The molecule has 1 fully saturated rings. The zero-order chi connectivity index (χ0) is 22.3. The molecule has 31 heavy (non-hydrogen) atoms. The minimum atomic E-state index is -3.72. The normalized spacial score (nSPS) is 16.0. The van der Waals surface area contributed by atoms with Crippen molar-refractivity contribution in [2.45, 2.75) is 38.5 Å². The average Bonchev–Trinajstić information content (AvgIpc) is 3.10. The number of aromatic nitrogens is 1. The highest BCUT2D eigenvalue weighted by Crippen LogP contribution is 2.31. The first-order valence-electron chi connectivity index (χ1n) is 10.1. The minimum Gasteiger partial charge on any atom is -0.302 e. The molecule has 164 valence electrons. The van der Waals surface area contributed by atoms with E-state index in [2.05, 4.69) is 22.4 Å². The number of carbonyl (C=O) groups excluding carboxylic acids is 1. The Morgan fingerprint density at radius 2 is 1.84 bits per heavy atom. The Bertz CT molecular complexity index is 1260. The Balaban J connectivity index is 1.42. The number of rotatable bonds is 4. The second-order valence-corrected chi connectivity index (χ2v) is 11.0. The first-order chi connectivity index (χ1) is 14.6. The number of halogens is 1. The lowest BCUT2D eigenvalue weighted by Crippen LogP contribution is -2.41. The molecular formula is C22H24FN3O3S2. The Morgan fingerprint density at radius 3 is 2.52 bits per heavy atom. The van der Waals surface area contributed by atoms with Gasteiger partial charge in [0.2, 0.25) is 15.9 Å². The van der Waals surface area contributed by atoms with Crippen LogP contribution in [0.3, 0.4) is 0 Å². The van der Waals surface area contributed by atoms with Crippen LogP contribution in [0.2, 0.25) is 0 Å². The van der Waals surface area contributed by atoms with Crippen LogP contribution in [0.5, 0.6) is 0 Å². The fourth-order valence-electron chi connectivity index (χ4n) is 4.03. The Labute approximate surface area is 185 Å². The van der Waals surface area contributed by atoms with Gasteiger partial charge in [-0.3, -0.25) is 4.79 Å². The van der Waals surface area contributed by atoms with Gasteiger partial charge in [-0.2, -0.15) is 4.31 Å². The van der Waals surface area contributed by atoms with E-state index >= 15 is 0 Å². The van der Waals surface area contributed by atoms with E-state index in [9.17, 15) is 17.6 Å². The fourth-order valence-corrected chi connectivity index (χ4v) is 6.75. The summed E-state index contributed by atoms with van der Waals surface area (Å²) in [5.41, 5.74) is 3.49. The summed E-state index contributed by atoms with van der Waals surface area (Å²) in [7, 11) is -3.72. The number of sulfonamides is 1. The van der Waals surface area contributed by atoms with Crippen LogP contribution in [-0.4, -0.2) is 36.7 Å². The maximum absolute atomic E-state index is 13.3. The molecule has 6 nitrogen and oxygen atoms in total. The Kier molecular flexibility index (Phi) is 5.85. The van der Waals surface area contributed by atoms with E-state index in [1.165, 1.54) is 27.8 Å². The second kappa shape index (κ2) is 8.29. The number of anilines is 1. The number of hydrogen-bond donors (Lipinski definition) is 1. The molecule has 0 atom stereocenters. The topological polar surface area (TPSA) is 79.4 Å². The summed E-state index contributed by atoms with van der Waals surface area (Å²) in [5.74, 6) is -0.883. The van der Waals surface area contributed by atoms with Crippen LogP contribution >= 0.6 is 11.3 Å². The van der Waals surface area contributed by atoms with Gasteiger partial charge in [0, 0.05) is 19.0 Å². The third-order valence-electron chi connectivity index (χ3n) is 5.64. The van der Waals surface area contributed by atoms with Crippen LogP contribution in [0.1, 0.15) is 29.5 Å². The molecule has 1 aliphatic rings. The number of nitrogens with one attached hydrogen (secondary N) is 1. The molecular weight excluding hydrogens is 437 g/mol. The van der Waals surface area contributed by atoms with E-state index in [-0.39, 0.29) is 29.8 Å². The molecule has 1 aromatic heterocycles. The number of amides is 1. The Hall–Kier alpha value is -2.36. The van der Waals surface area contributed by atoms with Crippen molar-refractivity contribution < 1.29 is 17.6 Å². The smallest absolute Gasteiger partial charge is 0.243 e. The maximum Gasteiger partial charge on any atom is 0.243 e. The first kappa shape index (κ1) is 21.9. The Morgan fingerprint density at radius 1 is 1.13 bits per heavy atom. The lowest BCUT2D eigenvalue weighted by molar-refractivity contribution is -0.120. The highest BCUT2D eigenvalue weighted by atomic mass is 32.2. The predicted molar refractivity (Wildman–Crippen MR) is 120 cm³/mol. The zero-order valence-corrected chi connectivity index (χ0v) is 19.2. The molecule has 0 unspecified atom stereocenters. The van der Waals surface area contributed by atoms with Crippen LogP contribution < -0.4 is 5.32 Å². The van der Waals surface area contributed by atoms with Crippen molar-refractivity contribution in [2.75, 3.05) is 18.4 Å². The molecule has 9 heteroatoms. The largest absolute Gasteiger partial charge is 0.302 e. The summed E-state index contributed by atoms with van der Waals surface area (Å²) in [4.78, 5) is 17.4. The molecule has 0 bridgehead atoms. The highest BCUT2D eigenvalue weighted by Gasteiger charge is 2.33. The monoisotopic (exact) mass is 461 g/mol. The van der Waals surface area contributed by atoms with Gasteiger partial charge in [-0.05, 0) is 74.6 Å².